The summed E-state index contributed by atoms with van der Waals surface area (Å²) in [6.07, 6.45) is 0. The Hall–Kier alpha value is -1.30. The van der Waals surface area contributed by atoms with Crippen molar-refractivity contribution in [3.8, 4) is 0 Å². The Bertz CT molecular complexity index is 748. The minimum absolute atomic E-state index is 0.381. The van der Waals surface area contributed by atoms with Crippen molar-refractivity contribution < 1.29 is 0 Å². The second-order valence-corrected chi connectivity index (χ2v) is 8.52. The number of benzene rings is 3. The Morgan fingerprint density at radius 2 is 0.889 bits per heavy atom. The standard InChI is InChI=1S/2C7H7NS2.C6H5.Sb/c2*9-7(10)8-6-4-2-1-3-5-6;1-2-4-6-5-3-1;/h2*1-5H,(H2,8,9,10);1-5H;/p-2. The molecule has 0 atom stereocenters. The van der Waals surface area contributed by atoms with E-state index in [1.54, 1.807) is 23.0 Å². The molecule has 0 saturated heterocycles. The molecule has 2 N–H and O–H groups in total. The fourth-order valence-electron chi connectivity index (χ4n) is 1.71. The molecule has 27 heavy (non-hydrogen) atoms. The molecule has 0 aromatic heterocycles. The summed E-state index contributed by atoms with van der Waals surface area (Å²) in [5.41, 5.74) is 1.89. The van der Waals surface area contributed by atoms with Gasteiger partial charge in [0.25, 0.3) is 0 Å². The average Bonchev–Trinajstić information content (AvgIpc) is 2.64. The van der Waals surface area contributed by atoms with Crippen molar-refractivity contribution in [2.75, 3.05) is 10.6 Å². The van der Waals surface area contributed by atoms with Gasteiger partial charge in [0.1, 0.15) is 0 Å². The maximum absolute atomic E-state index is 4.68. The Morgan fingerprint density at radius 1 is 0.593 bits per heavy atom. The van der Waals surface area contributed by atoms with Gasteiger partial charge >= 0.3 is 56.9 Å². The van der Waals surface area contributed by atoms with E-state index >= 15 is 0 Å². The minimum atomic E-state index is 0.381. The summed E-state index contributed by atoms with van der Waals surface area (Å²) < 4.78 is 2.13. The molecule has 0 unspecified atom stereocenters. The SMILES string of the molecule is S=C([S-])Nc1ccccc1.S=C([S-])Nc1ccccc1.[Sb][c]1ccccc1. The molecule has 0 amide bonds. The number of nitrogens with one attached hydrogen (secondary N) is 2. The molecule has 3 aromatic carbocycles. The first-order valence-electron chi connectivity index (χ1n) is 7.77. The molecule has 3 rings (SSSR count). The number of thiocarbonyl (C=S) groups is 2. The summed E-state index contributed by atoms with van der Waals surface area (Å²) in [4.78, 5) is 0. The number of rotatable bonds is 2. The molecular formula is C20H17N2S4Sb-2. The summed E-state index contributed by atoms with van der Waals surface area (Å²) in [6.45, 7) is 0. The van der Waals surface area contributed by atoms with Crippen LogP contribution in [0.5, 0.6) is 0 Å². The summed E-state index contributed by atoms with van der Waals surface area (Å²) >= 11 is 20.5. The summed E-state index contributed by atoms with van der Waals surface area (Å²) in [7, 11) is 0. The van der Waals surface area contributed by atoms with Gasteiger partial charge in [-0.2, -0.15) is 0 Å². The normalized spacial score (nSPS) is 8.78. The van der Waals surface area contributed by atoms with Crippen LogP contribution in [0.1, 0.15) is 0 Å². The van der Waals surface area contributed by atoms with Gasteiger partial charge in [0.2, 0.25) is 0 Å². The van der Waals surface area contributed by atoms with Gasteiger partial charge in [0.05, 0.1) is 0 Å². The fourth-order valence-corrected chi connectivity index (χ4v) is 2.67. The zero-order valence-corrected chi connectivity index (χ0v) is 20.1. The molecule has 0 aliphatic rings. The second kappa shape index (κ2) is 14.7. The van der Waals surface area contributed by atoms with E-state index in [2.05, 4.69) is 72.5 Å². The van der Waals surface area contributed by atoms with Gasteiger partial charge in [-0.05, 0) is 24.3 Å². The number of hydrogen-bond donors (Lipinski definition) is 2. The second-order valence-electron chi connectivity index (χ2n) is 4.89. The third-order valence-electron chi connectivity index (χ3n) is 2.80. The molecule has 2 radical (unpaired) electrons. The van der Waals surface area contributed by atoms with Gasteiger partial charge in [-0.25, -0.2) is 0 Å². The Morgan fingerprint density at radius 3 is 1.11 bits per heavy atom. The molecule has 0 heterocycles. The number of hydrogen-bond acceptors (Lipinski definition) is 4. The molecule has 3 aromatic rings. The van der Waals surface area contributed by atoms with Gasteiger partial charge < -0.3 is 60.3 Å². The van der Waals surface area contributed by atoms with Gasteiger partial charge in [0.15, 0.2) is 0 Å². The van der Waals surface area contributed by atoms with Crippen LogP contribution in [0.25, 0.3) is 0 Å². The van der Waals surface area contributed by atoms with Crippen LogP contribution in [-0.2, 0) is 25.3 Å². The van der Waals surface area contributed by atoms with Crippen LogP contribution in [0, 0.1) is 0 Å². The summed E-state index contributed by atoms with van der Waals surface area (Å²) in [6, 6.07) is 29.6. The number of para-hydroxylation sites is 2. The van der Waals surface area contributed by atoms with E-state index in [1.807, 2.05) is 78.9 Å². The van der Waals surface area contributed by atoms with E-state index in [9.17, 15) is 0 Å². The fraction of sp³-hybridized carbons (Fsp3) is 0. The third kappa shape index (κ3) is 13.5. The molecular weight excluding hydrogens is 518 g/mol. The topological polar surface area (TPSA) is 24.1 Å². The van der Waals surface area contributed by atoms with Crippen molar-refractivity contribution >= 4 is 96.2 Å². The molecule has 2 nitrogen and oxygen atoms in total. The van der Waals surface area contributed by atoms with Crippen molar-refractivity contribution in [2.24, 2.45) is 0 Å². The van der Waals surface area contributed by atoms with Gasteiger partial charge in [-0.3, -0.25) is 0 Å². The van der Waals surface area contributed by atoms with Crippen molar-refractivity contribution in [2.45, 2.75) is 0 Å². The van der Waals surface area contributed by atoms with Crippen LogP contribution in [0.15, 0.2) is 91.0 Å². The molecule has 0 fully saturated rings. The quantitative estimate of drug-likeness (QED) is 0.288. The maximum atomic E-state index is 4.68. The van der Waals surface area contributed by atoms with Crippen LogP contribution >= 0.6 is 24.4 Å². The molecule has 0 saturated carbocycles. The molecule has 0 spiro atoms. The monoisotopic (exact) mass is 534 g/mol. The van der Waals surface area contributed by atoms with E-state index in [0.29, 0.717) is 8.64 Å². The first kappa shape index (κ1) is 23.7. The van der Waals surface area contributed by atoms with Gasteiger partial charge in [0, 0.05) is 11.4 Å². The molecule has 7 heteroatoms. The average molecular weight is 535 g/mol. The molecule has 0 aliphatic carbocycles. The number of anilines is 2. The van der Waals surface area contributed by atoms with Crippen molar-refractivity contribution in [1.29, 1.82) is 0 Å². The predicted octanol–water partition coefficient (Wildman–Crippen LogP) is 4.34. The van der Waals surface area contributed by atoms with Crippen LogP contribution < -0.4 is 14.1 Å². The first-order chi connectivity index (χ1) is 13.0. The summed E-state index contributed by atoms with van der Waals surface area (Å²) in [5.74, 6) is 0. The predicted molar refractivity (Wildman–Crippen MR) is 132 cm³/mol. The first-order valence-corrected chi connectivity index (χ1v) is 10.7. The molecule has 0 aliphatic heterocycles. The molecule has 0 bridgehead atoms. The van der Waals surface area contributed by atoms with Crippen LogP contribution in [-0.4, -0.2) is 31.7 Å². The van der Waals surface area contributed by atoms with Crippen molar-refractivity contribution in [1.82, 2.24) is 0 Å². The Kier molecular flexibility index (Phi) is 12.9. The van der Waals surface area contributed by atoms with E-state index in [0.717, 1.165) is 11.4 Å². The van der Waals surface area contributed by atoms with E-state index in [4.69, 9.17) is 0 Å². The van der Waals surface area contributed by atoms with E-state index in [1.165, 1.54) is 3.51 Å². The van der Waals surface area contributed by atoms with Crippen LogP contribution in [0.4, 0.5) is 11.4 Å². The summed E-state index contributed by atoms with van der Waals surface area (Å²) in [5, 5.41) is 5.70. The zero-order valence-electron chi connectivity index (χ0n) is 14.2. The Labute approximate surface area is 196 Å². The van der Waals surface area contributed by atoms with Gasteiger partial charge in [-0.1, -0.05) is 45.0 Å². The van der Waals surface area contributed by atoms with Crippen molar-refractivity contribution in [3.05, 3.63) is 91.0 Å². The van der Waals surface area contributed by atoms with Gasteiger partial charge in [-0.15, -0.1) is 0 Å². The van der Waals surface area contributed by atoms with Crippen molar-refractivity contribution in [3.63, 3.8) is 0 Å². The third-order valence-corrected chi connectivity index (χ3v) is 4.06. The Balaban J connectivity index is 0.000000206. The molecule has 138 valence electrons. The van der Waals surface area contributed by atoms with Crippen LogP contribution in [0.3, 0.4) is 0 Å². The van der Waals surface area contributed by atoms with Crippen LogP contribution in [0.2, 0.25) is 0 Å². The van der Waals surface area contributed by atoms with E-state index in [-0.39, 0.29) is 0 Å². The van der Waals surface area contributed by atoms with E-state index < -0.39 is 0 Å². The zero-order chi connectivity index (χ0) is 19.9.